The maximum absolute atomic E-state index is 12.2. The molecule has 1 aliphatic rings. The Hall–Kier alpha value is -1.99. The van der Waals surface area contributed by atoms with Crippen LogP contribution in [0.2, 0.25) is 0 Å². The second-order valence-corrected chi connectivity index (χ2v) is 7.54. The molecule has 5 nitrogen and oxygen atoms in total. The third-order valence-electron chi connectivity index (χ3n) is 3.90. The number of thiophene rings is 2. The van der Waals surface area contributed by atoms with Gasteiger partial charge in [0, 0.05) is 4.88 Å². The number of hydrogen-bond donors (Lipinski definition) is 1. The van der Waals surface area contributed by atoms with E-state index in [-0.39, 0.29) is 18.1 Å². The van der Waals surface area contributed by atoms with Crippen LogP contribution in [0.3, 0.4) is 0 Å². The summed E-state index contributed by atoms with van der Waals surface area (Å²) in [6.45, 7) is -0.0254. The van der Waals surface area contributed by atoms with Gasteiger partial charge in [0.2, 0.25) is 0 Å². The molecule has 3 aromatic rings. The zero-order valence-corrected chi connectivity index (χ0v) is 13.9. The minimum Gasteiger partial charge on any atom is -0.453 e. The topological polar surface area (TPSA) is 72.0 Å². The summed E-state index contributed by atoms with van der Waals surface area (Å²) < 4.78 is 5.90. The Morgan fingerprint density at radius 2 is 2.22 bits per heavy atom. The zero-order chi connectivity index (χ0) is 15.8. The highest BCUT2D eigenvalue weighted by molar-refractivity contribution is 7.17. The van der Waals surface area contributed by atoms with Crippen LogP contribution in [0.4, 0.5) is 0 Å². The predicted molar refractivity (Wildman–Crippen MR) is 90.3 cm³/mol. The van der Waals surface area contributed by atoms with Gasteiger partial charge in [0.1, 0.15) is 22.0 Å². The van der Waals surface area contributed by atoms with E-state index in [1.165, 1.54) is 46.0 Å². The molecule has 3 aromatic heterocycles. The molecule has 118 valence electrons. The largest absolute Gasteiger partial charge is 0.453 e. The molecule has 0 radical (unpaired) electrons. The lowest BCUT2D eigenvalue weighted by molar-refractivity contribution is 0.0468. The van der Waals surface area contributed by atoms with E-state index in [4.69, 9.17) is 4.74 Å². The minimum absolute atomic E-state index is 0.0254. The molecule has 0 spiro atoms. The molecule has 7 heteroatoms. The second kappa shape index (κ2) is 5.90. The third-order valence-corrected chi connectivity index (χ3v) is 6.02. The highest BCUT2D eigenvalue weighted by atomic mass is 32.1. The normalized spacial score (nSPS) is 13.9. The Kier molecular flexibility index (Phi) is 3.74. The van der Waals surface area contributed by atoms with E-state index in [0.29, 0.717) is 20.9 Å². The van der Waals surface area contributed by atoms with Crippen LogP contribution >= 0.6 is 22.7 Å². The predicted octanol–water partition coefficient (Wildman–Crippen LogP) is 3.28. The average Bonchev–Trinajstić information content (AvgIpc) is 3.19. The summed E-state index contributed by atoms with van der Waals surface area (Å²) in [5.74, 6) is 0.0213. The number of esters is 1. The first-order chi connectivity index (χ1) is 11.2. The van der Waals surface area contributed by atoms with E-state index in [9.17, 15) is 9.59 Å². The van der Waals surface area contributed by atoms with Gasteiger partial charge >= 0.3 is 5.97 Å². The standard InChI is InChI=1S/C16H14N2O3S2/c19-15-14-10(5-6-22-14)17-13(18-15)8-21-16(20)12-7-9-3-1-2-4-11(9)23-12/h5-7H,1-4,8H2,(H,17,18,19). The maximum atomic E-state index is 12.2. The smallest absolute Gasteiger partial charge is 0.348 e. The van der Waals surface area contributed by atoms with Gasteiger partial charge in [-0.1, -0.05) is 0 Å². The summed E-state index contributed by atoms with van der Waals surface area (Å²) in [7, 11) is 0. The number of aromatic nitrogens is 2. The molecule has 0 saturated heterocycles. The van der Waals surface area contributed by atoms with Gasteiger partial charge in [-0.05, 0) is 48.8 Å². The summed E-state index contributed by atoms with van der Waals surface area (Å²) in [6.07, 6.45) is 4.47. The Morgan fingerprint density at radius 3 is 3.09 bits per heavy atom. The van der Waals surface area contributed by atoms with Crippen molar-refractivity contribution in [3.05, 3.63) is 49.0 Å². The summed E-state index contributed by atoms with van der Waals surface area (Å²) in [4.78, 5) is 33.0. The van der Waals surface area contributed by atoms with Crippen LogP contribution in [-0.2, 0) is 24.2 Å². The minimum atomic E-state index is -0.350. The first-order valence-electron chi connectivity index (χ1n) is 7.46. The van der Waals surface area contributed by atoms with Gasteiger partial charge in [-0.3, -0.25) is 4.79 Å². The molecule has 0 saturated carbocycles. The lowest BCUT2D eigenvalue weighted by Crippen LogP contribution is -2.13. The number of aromatic amines is 1. The summed E-state index contributed by atoms with van der Waals surface area (Å²) in [5, 5.41) is 1.82. The van der Waals surface area contributed by atoms with Crippen LogP contribution in [0.5, 0.6) is 0 Å². The molecule has 0 aliphatic heterocycles. The monoisotopic (exact) mass is 346 g/mol. The SMILES string of the molecule is O=C(OCc1nc2ccsc2c(=O)[nH]1)c1cc2c(s1)CCCC2. The third kappa shape index (κ3) is 2.82. The Bertz CT molecular complexity index is 915. The van der Waals surface area contributed by atoms with Gasteiger partial charge in [0.05, 0.1) is 5.52 Å². The number of fused-ring (bicyclic) bond motifs is 2. The number of nitrogens with one attached hydrogen (secondary N) is 1. The van der Waals surface area contributed by atoms with Crippen LogP contribution in [0.25, 0.3) is 10.2 Å². The molecule has 3 heterocycles. The Balaban J connectivity index is 1.50. The van der Waals surface area contributed by atoms with Crippen LogP contribution in [0.15, 0.2) is 22.3 Å². The first kappa shape index (κ1) is 14.6. The average molecular weight is 346 g/mol. The van der Waals surface area contributed by atoms with E-state index >= 15 is 0 Å². The number of carbonyl (C=O) groups excluding carboxylic acids is 1. The van der Waals surface area contributed by atoms with E-state index in [1.54, 1.807) is 6.07 Å². The maximum Gasteiger partial charge on any atom is 0.348 e. The molecule has 0 amide bonds. The highest BCUT2D eigenvalue weighted by Crippen LogP contribution is 2.30. The molecular formula is C16H14N2O3S2. The highest BCUT2D eigenvalue weighted by Gasteiger charge is 2.18. The lowest BCUT2D eigenvalue weighted by atomic mass is 9.99. The quantitative estimate of drug-likeness (QED) is 0.739. The fourth-order valence-corrected chi connectivity index (χ4v) is 4.66. The summed E-state index contributed by atoms with van der Waals surface area (Å²) in [5.41, 5.74) is 1.72. The van der Waals surface area contributed by atoms with Gasteiger partial charge in [0.25, 0.3) is 5.56 Å². The molecule has 0 aromatic carbocycles. The van der Waals surface area contributed by atoms with Crippen molar-refractivity contribution in [3.63, 3.8) is 0 Å². The number of hydrogen-bond acceptors (Lipinski definition) is 6. The number of aryl methyl sites for hydroxylation is 2. The van der Waals surface area contributed by atoms with Crippen LogP contribution in [0.1, 0.15) is 38.8 Å². The molecule has 0 atom stereocenters. The van der Waals surface area contributed by atoms with Crippen molar-refractivity contribution in [2.45, 2.75) is 32.3 Å². The van der Waals surface area contributed by atoms with Crippen molar-refractivity contribution in [3.8, 4) is 0 Å². The number of carbonyl (C=O) groups is 1. The van der Waals surface area contributed by atoms with Gasteiger partial charge in [0.15, 0.2) is 0 Å². The van der Waals surface area contributed by atoms with E-state index in [0.717, 1.165) is 12.8 Å². The van der Waals surface area contributed by atoms with E-state index in [2.05, 4.69) is 9.97 Å². The Morgan fingerprint density at radius 1 is 1.35 bits per heavy atom. The van der Waals surface area contributed by atoms with Crippen molar-refractivity contribution < 1.29 is 9.53 Å². The van der Waals surface area contributed by atoms with Gasteiger partial charge in [-0.2, -0.15) is 0 Å². The van der Waals surface area contributed by atoms with Crippen molar-refractivity contribution >= 4 is 38.9 Å². The van der Waals surface area contributed by atoms with Gasteiger partial charge in [-0.25, -0.2) is 9.78 Å². The lowest BCUT2D eigenvalue weighted by Gasteiger charge is -2.08. The number of nitrogens with zero attached hydrogens (tertiary/aromatic N) is 1. The van der Waals surface area contributed by atoms with E-state index < -0.39 is 0 Å². The zero-order valence-electron chi connectivity index (χ0n) is 12.3. The van der Waals surface area contributed by atoms with Gasteiger partial charge in [-0.15, -0.1) is 22.7 Å². The van der Waals surface area contributed by atoms with Crippen LogP contribution in [-0.4, -0.2) is 15.9 Å². The first-order valence-corrected chi connectivity index (χ1v) is 9.15. The molecular weight excluding hydrogens is 332 g/mol. The molecule has 0 bridgehead atoms. The van der Waals surface area contributed by atoms with Gasteiger partial charge < -0.3 is 9.72 Å². The fraction of sp³-hybridized carbons (Fsp3) is 0.312. The fourth-order valence-electron chi connectivity index (χ4n) is 2.79. The number of ether oxygens (including phenoxy) is 1. The second-order valence-electron chi connectivity index (χ2n) is 5.49. The summed E-state index contributed by atoms with van der Waals surface area (Å²) >= 11 is 2.87. The van der Waals surface area contributed by atoms with Crippen molar-refractivity contribution in [2.24, 2.45) is 0 Å². The molecule has 23 heavy (non-hydrogen) atoms. The molecule has 0 unspecified atom stereocenters. The number of rotatable bonds is 3. The Labute approximate surface area is 140 Å². The van der Waals surface area contributed by atoms with Crippen molar-refractivity contribution in [1.29, 1.82) is 0 Å². The summed E-state index contributed by atoms with van der Waals surface area (Å²) in [6, 6.07) is 3.73. The van der Waals surface area contributed by atoms with E-state index in [1.807, 2.05) is 11.4 Å². The molecule has 1 aliphatic carbocycles. The molecule has 0 fully saturated rings. The van der Waals surface area contributed by atoms with Crippen molar-refractivity contribution in [2.75, 3.05) is 0 Å². The number of H-pyrrole nitrogens is 1. The van der Waals surface area contributed by atoms with Crippen LogP contribution in [0, 0.1) is 0 Å². The molecule has 1 N–H and O–H groups in total. The molecule has 4 rings (SSSR count). The van der Waals surface area contributed by atoms with Crippen molar-refractivity contribution in [1.82, 2.24) is 9.97 Å². The van der Waals surface area contributed by atoms with Crippen LogP contribution < -0.4 is 5.56 Å².